The minimum atomic E-state index is 0.470. The summed E-state index contributed by atoms with van der Waals surface area (Å²) >= 11 is 15.8. The molecule has 21 heavy (non-hydrogen) atoms. The van der Waals surface area contributed by atoms with E-state index in [0.29, 0.717) is 32.8 Å². The largest absolute Gasteiger partial charge is 0.399 e. The summed E-state index contributed by atoms with van der Waals surface area (Å²) in [6.45, 7) is 0. The van der Waals surface area contributed by atoms with Crippen LogP contribution in [0.1, 0.15) is 0 Å². The third-order valence-electron chi connectivity index (χ3n) is 2.84. The van der Waals surface area contributed by atoms with Gasteiger partial charge in [-0.2, -0.15) is 4.68 Å². The van der Waals surface area contributed by atoms with Gasteiger partial charge in [-0.25, -0.2) is 0 Å². The van der Waals surface area contributed by atoms with Crippen LogP contribution in [0.2, 0.25) is 10.0 Å². The molecule has 3 aromatic rings. The fourth-order valence-corrected chi connectivity index (χ4v) is 2.70. The lowest BCUT2D eigenvalue weighted by Crippen LogP contribution is -2.01. The SMILES string of the molecule is Nc1ccc(-c2nnnn2-c2cc(Br)ccc2Cl)c(Cl)c1. The van der Waals surface area contributed by atoms with Crippen molar-refractivity contribution in [3.05, 3.63) is 50.9 Å². The molecular formula is C13H8BrCl2N5. The van der Waals surface area contributed by atoms with Crippen molar-refractivity contribution in [1.29, 1.82) is 0 Å². The highest BCUT2D eigenvalue weighted by molar-refractivity contribution is 9.10. The lowest BCUT2D eigenvalue weighted by atomic mass is 10.2. The maximum atomic E-state index is 6.22. The molecule has 1 heterocycles. The van der Waals surface area contributed by atoms with Crippen molar-refractivity contribution >= 4 is 44.8 Å². The van der Waals surface area contributed by atoms with Gasteiger partial charge in [-0.15, -0.1) is 5.10 Å². The molecule has 0 aliphatic carbocycles. The van der Waals surface area contributed by atoms with Crippen molar-refractivity contribution in [2.75, 3.05) is 5.73 Å². The van der Waals surface area contributed by atoms with Crippen LogP contribution in [0.15, 0.2) is 40.9 Å². The van der Waals surface area contributed by atoms with E-state index < -0.39 is 0 Å². The first-order valence-corrected chi connectivity index (χ1v) is 7.40. The lowest BCUT2D eigenvalue weighted by Gasteiger charge is -2.08. The van der Waals surface area contributed by atoms with E-state index in [-0.39, 0.29) is 0 Å². The molecule has 0 aliphatic heterocycles. The Morgan fingerprint density at radius 2 is 1.86 bits per heavy atom. The molecule has 0 spiro atoms. The van der Waals surface area contributed by atoms with Crippen LogP contribution in [0.5, 0.6) is 0 Å². The number of rotatable bonds is 2. The second-order valence-corrected chi connectivity index (χ2v) is 5.98. The Morgan fingerprint density at radius 1 is 1.05 bits per heavy atom. The first-order valence-electron chi connectivity index (χ1n) is 5.85. The zero-order valence-electron chi connectivity index (χ0n) is 10.5. The van der Waals surface area contributed by atoms with Crippen LogP contribution in [0.3, 0.4) is 0 Å². The van der Waals surface area contributed by atoms with Crippen molar-refractivity contribution in [3.8, 4) is 17.1 Å². The molecule has 0 amide bonds. The first-order chi connectivity index (χ1) is 10.1. The lowest BCUT2D eigenvalue weighted by molar-refractivity contribution is 0.791. The van der Waals surface area contributed by atoms with Gasteiger partial charge < -0.3 is 5.73 Å². The topological polar surface area (TPSA) is 69.6 Å². The smallest absolute Gasteiger partial charge is 0.188 e. The summed E-state index contributed by atoms with van der Waals surface area (Å²) < 4.78 is 2.40. The van der Waals surface area contributed by atoms with E-state index in [1.165, 1.54) is 4.68 Å². The van der Waals surface area contributed by atoms with Gasteiger partial charge in [0.15, 0.2) is 5.82 Å². The van der Waals surface area contributed by atoms with E-state index in [1.54, 1.807) is 24.3 Å². The van der Waals surface area contributed by atoms with Gasteiger partial charge in [-0.1, -0.05) is 39.1 Å². The van der Waals surface area contributed by atoms with Crippen LogP contribution in [0.25, 0.3) is 17.1 Å². The second-order valence-electron chi connectivity index (χ2n) is 4.25. The third-order valence-corrected chi connectivity index (χ3v) is 3.97. The standard InChI is InChI=1S/C13H8BrCl2N5/c14-7-1-4-10(15)12(5-7)21-13(18-19-20-21)9-3-2-8(17)6-11(9)16/h1-6H,17H2. The minimum absolute atomic E-state index is 0.470. The van der Waals surface area contributed by atoms with Crippen molar-refractivity contribution in [1.82, 2.24) is 20.2 Å². The molecule has 0 bridgehead atoms. The summed E-state index contributed by atoms with van der Waals surface area (Å²) in [5.74, 6) is 0.486. The second kappa shape index (κ2) is 5.63. The fraction of sp³-hybridized carbons (Fsp3) is 0. The van der Waals surface area contributed by atoms with Gasteiger partial charge >= 0.3 is 0 Å². The Hall–Kier alpha value is -1.63. The number of nitrogens with zero attached hydrogens (tertiary/aromatic N) is 4. The Morgan fingerprint density at radius 3 is 2.62 bits per heavy atom. The molecule has 1 aromatic heterocycles. The quantitative estimate of drug-likeness (QED) is 0.678. The molecule has 5 nitrogen and oxygen atoms in total. The zero-order chi connectivity index (χ0) is 15.0. The number of hydrogen-bond acceptors (Lipinski definition) is 4. The number of aromatic nitrogens is 4. The number of tetrazole rings is 1. The van der Waals surface area contributed by atoms with Crippen LogP contribution in [0, 0.1) is 0 Å². The molecule has 0 fully saturated rings. The molecular weight excluding hydrogens is 377 g/mol. The molecule has 106 valence electrons. The molecule has 0 unspecified atom stereocenters. The Kier molecular flexibility index (Phi) is 3.84. The van der Waals surface area contributed by atoms with Crippen LogP contribution in [0.4, 0.5) is 5.69 Å². The minimum Gasteiger partial charge on any atom is -0.399 e. The maximum absolute atomic E-state index is 6.22. The van der Waals surface area contributed by atoms with Crippen molar-refractivity contribution in [2.24, 2.45) is 0 Å². The van der Waals surface area contributed by atoms with Crippen LogP contribution >= 0.6 is 39.1 Å². The van der Waals surface area contributed by atoms with Crippen LogP contribution in [-0.4, -0.2) is 20.2 Å². The average molecular weight is 385 g/mol. The third kappa shape index (κ3) is 2.74. The van der Waals surface area contributed by atoms with Crippen LogP contribution in [-0.2, 0) is 0 Å². The highest BCUT2D eigenvalue weighted by Gasteiger charge is 2.16. The summed E-state index contributed by atoms with van der Waals surface area (Å²) in [7, 11) is 0. The highest BCUT2D eigenvalue weighted by Crippen LogP contribution is 2.31. The zero-order valence-corrected chi connectivity index (χ0v) is 13.6. The van der Waals surface area contributed by atoms with E-state index in [2.05, 4.69) is 31.5 Å². The molecule has 0 saturated heterocycles. The van der Waals surface area contributed by atoms with Gasteiger partial charge in [0.05, 0.1) is 15.7 Å². The van der Waals surface area contributed by atoms with Crippen molar-refractivity contribution in [3.63, 3.8) is 0 Å². The monoisotopic (exact) mass is 383 g/mol. The van der Waals surface area contributed by atoms with Gasteiger partial charge in [-0.3, -0.25) is 0 Å². The molecule has 0 radical (unpaired) electrons. The number of nitrogens with two attached hydrogens (primary N) is 1. The molecule has 0 aliphatic rings. The number of benzene rings is 2. The number of anilines is 1. The van der Waals surface area contributed by atoms with Gasteiger partial charge in [0.1, 0.15) is 0 Å². The molecule has 2 aromatic carbocycles. The molecule has 8 heteroatoms. The first kappa shape index (κ1) is 14.3. The summed E-state index contributed by atoms with van der Waals surface area (Å²) in [6, 6.07) is 10.6. The summed E-state index contributed by atoms with van der Waals surface area (Å²) in [5.41, 5.74) is 7.60. The molecule has 0 saturated carbocycles. The highest BCUT2D eigenvalue weighted by atomic mass is 79.9. The van der Waals surface area contributed by atoms with E-state index in [0.717, 1.165) is 4.47 Å². The summed E-state index contributed by atoms with van der Waals surface area (Å²) in [4.78, 5) is 0. The molecule has 3 rings (SSSR count). The number of halogens is 3. The van der Waals surface area contributed by atoms with Gasteiger partial charge in [-0.05, 0) is 46.8 Å². The Labute approximate surface area is 138 Å². The maximum Gasteiger partial charge on any atom is 0.188 e. The fourth-order valence-electron chi connectivity index (χ4n) is 1.88. The molecule has 0 atom stereocenters. The predicted octanol–water partition coefficient (Wildman–Crippen LogP) is 3.98. The van der Waals surface area contributed by atoms with E-state index >= 15 is 0 Å². The van der Waals surface area contributed by atoms with Gasteiger partial charge in [0.25, 0.3) is 0 Å². The van der Waals surface area contributed by atoms with Crippen LogP contribution < -0.4 is 5.73 Å². The van der Waals surface area contributed by atoms with Crippen molar-refractivity contribution in [2.45, 2.75) is 0 Å². The summed E-state index contributed by atoms with van der Waals surface area (Å²) in [5, 5.41) is 12.7. The van der Waals surface area contributed by atoms with E-state index in [4.69, 9.17) is 28.9 Å². The normalized spacial score (nSPS) is 10.8. The van der Waals surface area contributed by atoms with Crippen molar-refractivity contribution < 1.29 is 0 Å². The predicted molar refractivity (Wildman–Crippen MR) is 86.7 cm³/mol. The summed E-state index contributed by atoms with van der Waals surface area (Å²) in [6.07, 6.45) is 0. The number of hydrogen-bond donors (Lipinski definition) is 1. The number of nitrogen functional groups attached to an aromatic ring is 1. The van der Waals surface area contributed by atoms with E-state index in [1.807, 2.05) is 12.1 Å². The van der Waals surface area contributed by atoms with E-state index in [9.17, 15) is 0 Å². The Bertz CT molecular complexity index is 818. The average Bonchev–Trinajstić information content (AvgIpc) is 2.90. The van der Waals surface area contributed by atoms with Gasteiger partial charge in [0, 0.05) is 15.7 Å². The Balaban J connectivity index is 2.19. The molecule has 2 N–H and O–H groups in total. The van der Waals surface area contributed by atoms with Gasteiger partial charge in [0.2, 0.25) is 0 Å².